The zero-order valence-corrected chi connectivity index (χ0v) is 15.2. The minimum atomic E-state index is 0.406. The Balaban J connectivity index is 1.84. The van der Waals surface area contributed by atoms with E-state index in [1.807, 2.05) is 22.7 Å². The molecule has 0 aliphatic heterocycles. The van der Waals surface area contributed by atoms with Crippen molar-refractivity contribution in [3.05, 3.63) is 56.7 Å². The van der Waals surface area contributed by atoms with Gasteiger partial charge in [-0.25, -0.2) is 0 Å². The van der Waals surface area contributed by atoms with Gasteiger partial charge in [-0.15, -0.1) is 22.7 Å². The minimum absolute atomic E-state index is 0.406. The van der Waals surface area contributed by atoms with Crippen LogP contribution in [-0.4, -0.2) is 6.54 Å². The van der Waals surface area contributed by atoms with Gasteiger partial charge < -0.3 is 5.32 Å². The summed E-state index contributed by atoms with van der Waals surface area (Å²) in [6.45, 7) is 3.28. The van der Waals surface area contributed by atoms with Crippen LogP contribution >= 0.6 is 38.6 Å². The van der Waals surface area contributed by atoms with Gasteiger partial charge in [0.2, 0.25) is 0 Å². The fourth-order valence-electron chi connectivity index (χ4n) is 2.45. The summed E-state index contributed by atoms with van der Waals surface area (Å²) >= 11 is 7.32. The molecule has 4 heteroatoms. The average molecular weight is 380 g/mol. The maximum absolute atomic E-state index is 3.70. The van der Waals surface area contributed by atoms with Crippen LogP contribution in [0, 0.1) is 0 Å². The van der Waals surface area contributed by atoms with Crippen molar-refractivity contribution in [2.24, 2.45) is 0 Å². The molecule has 0 aliphatic carbocycles. The first-order chi connectivity index (χ1) is 10.3. The third-order valence-electron chi connectivity index (χ3n) is 3.47. The van der Waals surface area contributed by atoms with E-state index in [2.05, 4.69) is 69.9 Å². The zero-order valence-electron chi connectivity index (χ0n) is 11.9. The van der Waals surface area contributed by atoms with Crippen molar-refractivity contribution >= 4 is 48.0 Å². The highest BCUT2D eigenvalue weighted by molar-refractivity contribution is 9.10. The molecule has 2 aromatic heterocycles. The normalized spacial score (nSPS) is 12.9. The molecule has 21 heavy (non-hydrogen) atoms. The van der Waals surface area contributed by atoms with Crippen LogP contribution in [0.3, 0.4) is 0 Å². The van der Waals surface area contributed by atoms with Crippen LogP contribution in [0.2, 0.25) is 0 Å². The fourth-order valence-corrected chi connectivity index (χ4v) is 5.09. The van der Waals surface area contributed by atoms with Gasteiger partial charge >= 0.3 is 0 Å². The Morgan fingerprint density at radius 3 is 2.86 bits per heavy atom. The van der Waals surface area contributed by atoms with Gasteiger partial charge in [-0.3, -0.25) is 0 Å². The van der Waals surface area contributed by atoms with Gasteiger partial charge in [0.05, 0.1) is 0 Å². The number of hydrogen-bond donors (Lipinski definition) is 1. The zero-order chi connectivity index (χ0) is 14.7. The first kappa shape index (κ1) is 15.2. The quantitative estimate of drug-likeness (QED) is 0.552. The highest BCUT2D eigenvalue weighted by Crippen LogP contribution is 2.34. The summed E-state index contributed by atoms with van der Waals surface area (Å²) in [4.78, 5) is 1.45. The van der Waals surface area contributed by atoms with Crippen molar-refractivity contribution < 1.29 is 0 Å². The van der Waals surface area contributed by atoms with E-state index in [1.165, 1.54) is 19.8 Å². The molecule has 1 aromatic carbocycles. The SMILES string of the molecule is CCCNC(Cc1cccc(Br)c1)c1cc2sccc2s1. The van der Waals surface area contributed by atoms with Gasteiger partial charge in [-0.2, -0.15) is 0 Å². The summed E-state index contributed by atoms with van der Waals surface area (Å²) < 4.78 is 3.97. The molecule has 1 N–H and O–H groups in total. The Hall–Kier alpha value is -0.680. The minimum Gasteiger partial charge on any atom is -0.309 e. The molecule has 2 heterocycles. The molecule has 0 spiro atoms. The molecular formula is C17H18BrNS2. The van der Waals surface area contributed by atoms with Crippen molar-refractivity contribution in [1.82, 2.24) is 5.32 Å². The number of halogens is 1. The van der Waals surface area contributed by atoms with Crippen LogP contribution in [0.25, 0.3) is 9.40 Å². The summed E-state index contributed by atoms with van der Waals surface area (Å²) in [6, 6.07) is 13.6. The molecule has 3 aromatic rings. The lowest BCUT2D eigenvalue weighted by Crippen LogP contribution is -2.23. The van der Waals surface area contributed by atoms with E-state index in [0.717, 1.165) is 23.9 Å². The number of hydrogen-bond acceptors (Lipinski definition) is 3. The predicted octanol–water partition coefficient (Wildman–Crippen LogP) is 6.01. The van der Waals surface area contributed by atoms with Crippen LogP contribution in [0.4, 0.5) is 0 Å². The molecule has 0 amide bonds. The standard InChI is InChI=1S/C17H18BrNS2/c1-2-7-19-14(10-12-4-3-5-13(18)9-12)16-11-17-15(21-16)6-8-20-17/h3-6,8-9,11,14,19H,2,7,10H2,1H3. The Morgan fingerprint density at radius 2 is 2.10 bits per heavy atom. The second-order valence-electron chi connectivity index (χ2n) is 5.14. The van der Waals surface area contributed by atoms with E-state index in [-0.39, 0.29) is 0 Å². The summed E-state index contributed by atoms with van der Waals surface area (Å²) in [7, 11) is 0. The van der Waals surface area contributed by atoms with Crippen LogP contribution < -0.4 is 5.32 Å². The second kappa shape index (κ2) is 7.05. The third-order valence-corrected chi connectivity index (χ3v) is 6.17. The van der Waals surface area contributed by atoms with E-state index in [4.69, 9.17) is 0 Å². The maximum atomic E-state index is 3.70. The number of fused-ring (bicyclic) bond motifs is 1. The van der Waals surface area contributed by atoms with Crippen molar-refractivity contribution in [3.63, 3.8) is 0 Å². The molecule has 110 valence electrons. The predicted molar refractivity (Wildman–Crippen MR) is 98.6 cm³/mol. The number of nitrogens with one attached hydrogen (secondary N) is 1. The molecule has 1 atom stereocenters. The lowest BCUT2D eigenvalue weighted by molar-refractivity contribution is 0.537. The number of thiophene rings is 2. The van der Waals surface area contributed by atoms with Crippen molar-refractivity contribution in [3.8, 4) is 0 Å². The molecule has 0 aliphatic rings. The summed E-state index contributed by atoms with van der Waals surface area (Å²) in [5.41, 5.74) is 1.37. The van der Waals surface area contributed by atoms with Gasteiger partial charge in [0.1, 0.15) is 0 Å². The average Bonchev–Trinajstić information content (AvgIpc) is 3.04. The first-order valence-corrected chi connectivity index (χ1v) is 9.70. The topological polar surface area (TPSA) is 12.0 Å². The number of rotatable bonds is 6. The van der Waals surface area contributed by atoms with Gasteiger partial charge in [0.25, 0.3) is 0 Å². The van der Waals surface area contributed by atoms with Gasteiger partial charge in [0, 0.05) is 24.8 Å². The van der Waals surface area contributed by atoms with Crippen molar-refractivity contribution in [2.45, 2.75) is 25.8 Å². The van der Waals surface area contributed by atoms with Gasteiger partial charge in [-0.05, 0) is 54.6 Å². The Kier molecular flexibility index (Phi) is 5.11. The Morgan fingerprint density at radius 1 is 1.19 bits per heavy atom. The molecule has 0 fully saturated rings. The third kappa shape index (κ3) is 3.75. The van der Waals surface area contributed by atoms with Crippen LogP contribution in [0.5, 0.6) is 0 Å². The lowest BCUT2D eigenvalue weighted by atomic mass is 10.0. The highest BCUT2D eigenvalue weighted by atomic mass is 79.9. The van der Waals surface area contributed by atoms with E-state index in [1.54, 1.807) is 0 Å². The highest BCUT2D eigenvalue weighted by Gasteiger charge is 2.15. The van der Waals surface area contributed by atoms with Crippen LogP contribution in [-0.2, 0) is 6.42 Å². The maximum Gasteiger partial charge on any atom is 0.0456 e. The summed E-state index contributed by atoms with van der Waals surface area (Å²) in [6.07, 6.45) is 2.20. The summed E-state index contributed by atoms with van der Waals surface area (Å²) in [5, 5.41) is 5.88. The smallest absolute Gasteiger partial charge is 0.0456 e. The van der Waals surface area contributed by atoms with E-state index in [9.17, 15) is 0 Å². The Labute approximate surface area is 142 Å². The van der Waals surface area contributed by atoms with Crippen LogP contribution in [0.15, 0.2) is 46.3 Å². The molecule has 3 rings (SSSR count). The van der Waals surface area contributed by atoms with E-state index < -0.39 is 0 Å². The van der Waals surface area contributed by atoms with Gasteiger partial charge in [-0.1, -0.05) is 35.0 Å². The monoisotopic (exact) mass is 379 g/mol. The van der Waals surface area contributed by atoms with Gasteiger partial charge in [0.15, 0.2) is 0 Å². The van der Waals surface area contributed by atoms with Crippen molar-refractivity contribution in [2.75, 3.05) is 6.54 Å². The molecule has 0 saturated heterocycles. The molecular weight excluding hydrogens is 362 g/mol. The molecule has 1 unspecified atom stereocenters. The first-order valence-electron chi connectivity index (χ1n) is 7.21. The van der Waals surface area contributed by atoms with E-state index >= 15 is 0 Å². The molecule has 0 radical (unpaired) electrons. The number of benzene rings is 1. The lowest BCUT2D eigenvalue weighted by Gasteiger charge is -2.17. The fraction of sp³-hybridized carbons (Fsp3) is 0.294. The van der Waals surface area contributed by atoms with Crippen molar-refractivity contribution in [1.29, 1.82) is 0 Å². The molecule has 1 nitrogen and oxygen atoms in total. The second-order valence-corrected chi connectivity index (χ2v) is 8.12. The van der Waals surface area contributed by atoms with Crippen LogP contribution in [0.1, 0.15) is 29.8 Å². The molecule has 0 saturated carbocycles. The summed E-state index contributed by atoms with van der Waals surface area (Å²) in [5.74, 6) is 0. The molecule has 0 bridgehead atoms. The van der Waals surface area contributed by atoms with E-state index in [0.29, 0.717) is 6.04 Å². The Bertz CT molecular complexity index is 688. The largest absolute Gasteiger partial charge is 0.309 e.